The number of H-pyrrole nitrogens is 1. The number of benzene rings is 2. The zero-order valence-corrected chi connectivity index (χ0v) is 15.1. The highest BCUT2D eigenvalue weighted by molar-refractivity contribution is 6.30. The second-order valence-electron chi connectivity index (χ2n) is 6.77. The molecule has 2 aromatic carbocycles. The van der Waals surface area contributed by atoms with Crippen LogP contribution in [0.3, 0.4) is 0 Å². The third kappa shape index (κ3) is 3.13. The fraction of sp³-hybridized carbons (Fsp3) is 0.238. The molecule has 0 spiro atoms. The number of anilines is 1. The van der Waals surface area contributed by atoms with E-state index in [1.165, 1.54) is 0 Å². The molecule has 0 radical (unpaired) electrons. The second kappa shape index (κ2) is 6.96. The summed E-state index contributed by atoms with van der Waals surface area (Å²) in [5, 5.41) is 3.77. The number of aromatic amines is 1. The predicted octanol–water partition coefficient (Wildman–Crippen LogP) is 5.18. The van der Waals surface area contributed by atoms with Crippen LogP contribution in [0.4, 0.5) is 5.69 Å². The van der Waals surface area contributed by atoms with E-state index in [-0.39, 0.29) is 5.91 Å². The molecule has 0 atom stereocenters. The van der Waals surface area contributed by atoms with Crippen molar-refractivity contribution in [1.82, 2.24) is 9.97 Å². The molecule has 4 rings (SSSR count). The first-order valence-corrected chi connectivity index (χ1v) is 9.22. The van der Waals surface area contributed by atoms with Gasteiger partial charge in [-0.1, -0.05) is 36.6 Å². The maximum absolute atomic E-state index is 13.2. The van der Waals surface area contributed by atoms with Crippen molar-refractivity contribution in [2.45, 2.75) is 31.1 Å². The lowest BCUT2D eigenvalue weighted by Gasteiger charge is -2.28. The highest BCUT2D eigenvalue weighted by Crippen LogP contribution is 2.42. The van der Waals surface area contributed by atoms with Gasteiger partial charge in [0.25, 0.3) is 0 Å². The number of nitrogens with one attached hydrogen (secondary N) is 2. The molecular weight excluding hydrogens is 346 g/mol. The van der Waals surface area contributed by atoms with E-state index >= 15 is 0 Å². The number of carbonyl (C=O) groups excluding carboxylic acids is 1. The number of aromatic nitrogens is 2. The monoisotopic (exact) mass is 365 g/mol. The van der Waals surface area contributed by atoms with Gasteiger partial charge >= 0.3 is 0 Å². The average Bonchev–Trinajstić information content (AvgIpc) is 3.35. The molecule has 0 unspecified atom stereocenters. The summed E-state index contributed by atoms with van der Waals surface area (Å²) in [5.74, 6) is 0.858. The Hall–Kier alpha value is -2.59. The lowest BCUT2D eigenvalue weighted by molar-refractivity contribution is -0.121. The Morgan fingerprint density at radius 1 is 1.12 bits per heavy atom. The Morgan fingerprint density at radius 3 is 2.54 bits per heavy atom. The van der Waals surface area contributed by atoms with Crippen LogP contribution in [-0.4, -0.2) is 15.9 Å². The molecule has 5 heteroatoms. The lowest BCUT2D eigenvalue weighted by Crippen LogP contribution is -2.38. The maximum Gasteiger partial charge on any atom is 0.235 e. The van der Waals surface area contributed by atoms with Gasteiger partial charge in [-0.2, -0.15) is 0 Å². The van der Waals surface area contributed by atoms with Crippen molar-refractivity contribution >= 4 is 23.2 Å². The number of amides is 1. The molecule has 1 aliphatic rings. The number of hydrogen-bond donors (Lipinski definition) is 2. The first-order chi connectivity index (χ1) is 12.7. The zero-order valence-electron chi connectivity index (χ0n) is 14.3. The molecule has 26 heavy (non-hydrogen) atoms. The highest BCUT2D eigenvalue weighted by Gasteiger charge is 2.42. The van der Waals surface area contributed by atoms with Gasteiger partial charge in [-0.3, -0.25) is 4.79 Å². The summed E-state index contributed by atoms with van der Waals surface area (Å²) in [4.78, 5) is 20.5. The Kier molecular flexibility index (Phi) is 4.51. The number of hydrogen-bond acceptors (Lipinski definition) is 2. The Bertz CT molecular complexity index is 897. The molecule has 1 saturated carbocycles. The van der Waals surface area contributed by atoms with E-state index in [0.717, 1.165) is 48.3 Å². The van der Waals surface area contributed by atoms with Gasteiger partial charge in [-0.05, 0) is 54.8 Å². The maximum atomic E-state index is 13.2. The predicted molar refractivity (Wildman–Crippen MR) is 104 cm³/mol. The topological polar surface area (TPSA) is 57.8 Å². The van der Waals surface area contributed by atoms with Gasteiger partial charge in [0.15, 0.2) is 0 Å². The van der Waals surface area contributed by atoms with Crippen LogP contribution in [0.1, 0.15) is 31.2 Å². The summed E-state index contributed by atoms with van der Waals surface area (Å²) in [6.45, 7) is 0. The van der Waals surface area contributed by atoms with E-state index in [0.29, 0.717) is 5.02 Å². The van der Waals surface area contributed by atoms with Crippen LogP contribution in [0.15, 0.2) is 60.9 Å². The van der Waals surface area contributed by atoms with Crippen LogP contribution < -0.4 is 5.32 Å². The van der Waals surface area contributed by atoms with Gasteiger partial charge in [0.2, 0.25) is 5.91 Å². The zero-order chi connectivity index (χ0) is 18.0. The van der Waals surface area contributed by atoms with Gasteiger partial charge in [0.05, 0.1) is 5.41 Å². The van der Waals surface area contributed by atoms with E-state index < -0.39 is 5.41 Å². The summed E-state index contributed by atoms with van der Waals surface area (Å²) in [6.07, 6.45) is 7.32. The largest absolute Gasteiger partial charge is 0.345 e. The molecule has 3 aromatic rings. The molecule has 1 aromatic heterocycles. The van der Waals surface area contributed by atoms with Crippen LogP contribution in [0.5, 0.6) is 0 Å². The van der Waals surface area contributed by atoms with Crippen molar-refractivity contribution in [3.8, 4) is 11.4 Å². The van der Waals surface area contributed by atoms with Crippen molar-refractivity contribution in [2.75, 3.05) is 5.32 Å². The summed E-state index contributed by atoms with van der Waals surface area (Å²) < 4.78 is 0. The van der Waals surface area contributed by atoms with Gasteiger partial charge in [-0.15, -0.1) is 0 Å². The van der Waals surface area contributed by atoms with E-state index in [4.69, 9.17) is 11.6 Å². The summed E-state index contributed by atoms with van der Waals surface area (Å²) in [6, 6.07) is 15.4. The number of nitrogens with zero attached hydrogens (tertiary/aromatic N) is 1. The summed E-state index contributed by atoms with van der Waals surface area (Å²) in [5.41, 5.74) is 2.29. The van der Waals surface area contributed by atoms with Gasteiger partial charge in [0.1, 0.15) is 5.82 Å². The summed E-state index contributed by atoms with van der Waals surface area (Å²) in [7, 11) is 0. The van der Waals surface area contributed by atoms with Crippen LogP contribution in [-0.2, 0) is 10.2 Å². The number of rotatable bonds is 4. The van der Waals surface area contributed by atoms with Crippen molar-refractivity contribution in [3.05, 3.63) is 71.5 Å². The van der Waals surface area contributed by atoms with Crippen LogP contribution in [0.2, 0.25) is 5.02 Å². The van der Waals surface area contributed by atoms with Crippen LogP contribution in [0.25, 0.3) is 11.4 Å². The molecule has 2 N–H and O–H groups in total. The quantitative estimate of drug-likeness (QED) is 0.669. The van der Waals surface area contributed by atoms with Crippen LogP contribution >= 0.6 is 11.6 Å². The molecule has 1 aliphatic carbocycles. The molecule has 0 aliphatic heterocycles. The van der Waals surface area contributed by atoms with Crippen molar-refractivity contribution in [2.24, 2.45) is 0 Å². The van der Waals surface area contributed by atoms with E-state index in [9.17, 15) is 4.79 Å². The molecule has 1 fully saturated rings. The Balaban J connectivity index is 1.57. The molecule has 132 valence electrons. The van der Waals surface area contributed by atoms with Gasteiger partial charge in [-0.25, -0.2) is 4.98 Å². The fourth-order valence-corrected chi connectivity index (χ4v) is 3.99. The molecular formula is C21H20ClN3O. The van der Waals surface area contributed by atoms with Gasteiger partial charge < -0.3 is 10.3 Å². The minimum atomic E-state index is -0.495. The Morgan fingerprint density at radius 2 is 1.88 bits per heavy atom. The molecule has 0 bridgehead atoms. The summed E-state index contributed by atoms with van der Waals surface area (Å²) >= 11 is 6.18. The van der Waals surface area contributed by atoms with E-state index in [2.05, 4.69) is 15.3 Å². The molecule has 4 nitrogen and oxygen atoms in total. The molecule has 0 saturated heterocycles. The van der Waals surface area contributed by atoms with Crippen molar-refractivity contribution < 1.29 is 4.79 Å². The van der Waals surface area contributed by atoms with E-state index in [1.54, 1.807) is 12.4 Å². The van der Waals surface area contributed by atoms with Crippen molar-refractivity contribution in [1.29, 1.82) is 0 Å². The first kappa shape index (κ1) is 16.9. The molecule has 1 amide bonds. The fourth-order valence-electron chi connectivity index (χ4n) is 3.80. The first-order valence-electron chi connectivity index (χ1n) is 8.85. The smallest absolute Gasteiger partial charge is 0.235 e. The Labute approximate surface area is 157 Å². The van der Waals surface area contributed by atoms with Crippen molar-refractivity contribution in [3.63, 3.8) is 0 Å². The minimum absolute atomic E-state index is 0.0445. The second-order valence-corrected chi connectivity index (χ2v) is 7.21. The third-order valence-corrected chi connectivity index (χ3v) is 5.42. The van der Waals surface area contributed by atoms with Crippen LogP contribution in [0, 0.1) is 0 Å². The average molecular weight is 366 g/mol. The lowest BCUT2D eigenvalue weighted by atomic mass is 9.78. The SMILES string of the molecule is O=C(Nc1ccc(-c2ncc[nH]2)cc1)C1(c2cccc(Cl)c2)CCCC1. The minimum Gasteiger partial charge on any atom is -0.345 e. The number of halogens is 1. The standard InChI is InChI=1S/C21H20ClN3O/c22-17-5-3-4-16(14-17)21(10-1-2-11-21)20(26)25-18-8-6-15(7-9-18)19-23-12-13-24-19/h3-9,12-14H,1-2,10-11H2,(H,23,24)(H,25,26). The van der Waals surface area contributed by atoms with E-state index in [1.807, 2.05) is 48.5 Å². The normalized spacial score (nSPS) is 15.7. The number of carbonyl (C=O) groups is 1. The molecule has 1 heterocycles. The highest BCUT2D eigenvalue weighted by atomic mass is 35.5. The number of imidazole rings is 1. The third-order valence-electron chi connectivity index (χ3n) is 5.18. The van der Waals surface area contributed by atoms with Gasteiger partial charge in [0, 0.05) is 28.7 Å².